The van der Waals surface area contributed by atoms with Crippen LogP contribution in [0.15, 0.2) is 18.2 Å². The normalized spacial score (nSPS) is 10.2. The second-order valence-electron chi connectivity index (χ2n) is 4.08. The maximum absolute atomic E-state index is 12.1. The minimum atomic E-state index is -0.734. The van der Waals surface area contributed by atoms with Gasteiger partial charge in [-0.05, 0) is 24.6 Å². The lowest BCUT2D eigenvalue weighted by molar-refractivity contribution is -0.386. The Hall–Kier alpha value is -2.61. The first-order chi connectivity index (χ1) is 9.95. The number of hydrogen-bond acceptors (Lipinski definition) is 5. The molecule has 0 spiro atoms. The summed E-state index contributed by atoms with van der Waals surface area (Å²) in [6, 6.07) is 4.97. The summed E-state index contributed by atoms with van der Waals surface area (Å²) < 4.78 is 4.75. The van der Waals surface area contributed by atoms with Gasteiger partial charge in [0.25, 0.3) is 5.91 Å². The summed E-state index contributed by atoms with van der Waals surface area (Å²) in [5.41, 5.74) is 0.294. The summed E-state index contributed by atoms with van der Waals surface area (Å²) in [7, 11) is 1.23. The van der Waals surface area contributed by atoms with Crippen molar-refractivity contribution in [1.82, 2.24) is 10.2 Å². The van der Waals surface area contributed by atoms with E-state index >= 15 is 0 Å². The minimum absolute atomic E-state index is 0.257. The standard InChI is InChI=1S/C12H11ClN4O4/c1-6-7(13)4-3-5-8(6)14-11(18)9-10(17(19)20)12(21-2)16-15-9/h3-5H,1-2H3,(H,14,18)(H,15,16). The minimum Gasteiger partial charge on any atom is -0.475 e. The Bertz CT molecular complexity index is 713. The molecule has 0 aliphatic carbocycles. The van der Waals surface area contributed by atoms with Crippen molar-refractivity contribution in [3.8, 4) is 5.88 Å². The third-order valence-electron chi connectivity index (χ3n) is 2.83. The number of carbonyl (C=O) groups excluding carboxylic acids is 1. The molecule has 0 aliphatic rings. The fraction of sp³-hybridized carbons (Fsp3) is 0.167. The summed E-state index contributed by atoms with van der Waals surface area (Å²) in [6.45, 7) is 1.72. The number of halogens is 1. The van der Waals surface area contributed by atoms with Gasteiger partial charge in [-0.3, -0.25) is 20.0 Å². The number of nitrogens with zero attached hydrogens (tertiary/aromatic N) is 2. The largest absolute Gasteiger partial charge is 0.475 e. The maximum Gasteiger partial charge on any atom is 0.362 e. The molecule has 1 aromatic carbocycles. The molecule has 2 N–H and O–H groups in total. The number of nitrogens with one attached hydrogen (secondary N) is 2. The Morgan fingerprint density at radius 1 is 1.52 bits per heavy atom. The van der Waals surface area contributed by atoms with Crippen molar-refractivity contribution in [2.45, 2.75) is 6.92 Å². The monoisotopic (exact) mass is 310 g/mol. The third kappa shape index (κ3) is 2.79. The Balaban J connectivity index is 2.35. The summed E-state index contributed by atoms with van der Waals surface area (Å²) in [4.78, 5) is 22.4. The van der Waals surface area contributed by atoms with E-state index in [1.807, 2.05) is 0 Å². The van der Waals surface area contributed by atoms with Crippen molar-refractivity contribution in [3.05, 3.63) is 44.6 Å². The highest BCUT2D eigenvalue weighted by molar-refractivity contribution is 6.31. The first-order valence-electron chi connectivity index (χ1n) is 5.79. The van der Waals surface area contributed by atoms with Gasteiger partial charge in [-0.2, -0.15) is 0 Å². The van der Waals surface area contributed by atoms with Crippen LogP contribution in [-0.2, 0) is 0 Å². The average molecular weight is 311 g/mol. The Kier molecular flexibility index (Phi) is 4.08. The summed E-state index contributed by atoms with van der Waals surface area (Å²) in [6.07, 6.45) is 0. The van der Waals surface area contributed by atoms with Gasteiger partial charge in [0.2, 0.25) is 5.69 Å². The molecule has 21 heavy (non-hydrogen) atoms. The van der Waals surface area contributed by atoms with Crippen molar-refractivity contribution in [2.75, 3.05) is 12.4 Å². The highest BCUT2D eigenvalue weighted by atomic mass is 35.5. The number of benzene rings is 1. The SMILES string of the molecule is COc1n[nH]c(C(=O)Nc2cccc(Cl)c2C)c1[N+](=O)[O-]. The molecule has 0 radical (unpaired) electrons. The average Bonchev–Trinajstić information content (AvgIpc) is 2.88. The van der Waals surface area contributed by atoms with Crippen molar-refractivity contribution < 1.29 is 14.5 Å². The van der Waals surface area contributed by atoms with E-state index in [2.05, 4.69) is 15.5 Å². The van der Waals surface area contributed by atoms with E-state index in [4.69, 9.17) is 16.3 Å². The lowest BCUT2D eigenvalue weighted by atomic mass is 10.2. The van der Waals surface area contributed by atoms with E-state index in [0.717, 1.165) is 0 Å². The topological polar surface area (TPSA) is 110 Å². The molecular formula is C12H11ClN4O4. The summed E-state index contributed by atoms with van der Waals surface area (Å²) in [5, 5.41) is 19.9. The Morgan fingerprint density at radius 2 is 2.24 bits per heavy atom. The molecule has 0 atom stereocenters. The number of carbonyl (C=O) groups is 1. The fourth-order valence-electron chi connectivity index (χ4n) is 1.72. The van der Waals surface area contributed by atoms with E-state index < -0.39 is 16.5 Å². The molecule has 1 amide bonds. The second kappa shape index (κ2) is 5.80. The van der Waals surface area contributed by atoms with Crippen LogP contribution in [0.5, 0.6) is 5.88 Å². The van der Waals surface area contributed by atoms with Gasteiger partial charge in [0.1, 0.15) is 0 Å². The number of amides is 1. The number of rotatable bonds is 4. The first-order valence-corrected chi connectivity index (χ1v) is 6.16. The van der Waals surface area contributed by atoms with Crippen LogP contribution >= 0.6 is 11.6 Å². The summed E-state index contributed by atoms with van der Waals surface area (Å²) >= 11 is 5.95. The van der Waals surface area contributed by atoms with Crippen LogP contribution in [-0.4, -0.2) is 28.1 Å². The van der Waals surface area contributed by atoms with Gasteiger partial charge in [0.15, 0.2) is 0 Å². The zero-order valence-corrected chi connectivity index (χ0v) is 11.9. The number of H-pyrrole nitrogens is 1. The molecule has 0 unspecified atom stereocenters. The molecule has 0 saturated heterocycles. The lowest BCUT2D eigenvalue weighted by Gasteiger charge is -2.08. The molecule has 2 rings (SSSR count). The number of anilines is 1. The van der Waals surface area contributed by atoms with Gasteiger partial charge in [-0.25, -0.2) is 0 Å². The smallest absolute Gasteiger partial charge is 0.362 e. The van der Waals surface area contributed by atoms with E-state index in [9.17, 15) is 14.9 Å². The molecule has 0 aliphatic heterocycles. The Labute approximate surface area is 124 Å². The van der Waals surface area contributed by atoms with Crippen LogP contribution in [0.3, 0.4) is 0 Å². The number of hydrogen-bond donors (Lipinski definition) is 2. The Morgan fingerprint density at radius 3 is 2.86 bits per heavy atom. The second-order valence-corrected chi connectivity index (χ2v) is 4.49. The van der Waals surface area contributed by atoms with E-state index in [1.54, 1.807) is 25.1 Å². The molecule has 9 heteroatoms. The molecule has 8 nitrogen and oxygen atoms in total. The van der Waals surface area contributed by atoms with Gasteiger partial charge in [0, 0.05) is 10.7 Å². The van der Waals surface area contributed by atoms with E-state index in [-0.39, 0.29) is 11.6 Å². The molecule has 110 valence electrons. The van der Waals surface area contributed by atoms with Crippen LogP contribution in [0.2, 0.25) is 5.02 Å². The lowest BCUT2D eigenvalue weighted by Crippen LogP contribution is -2.15. The molecular weight excluding hydrogens is 300 g/mol. The number of aromatic nitrogens is 2. The van der Waals surface area contributed by atoms with Crippen molar-refractivity contribution >= 4 is 28.9 Å². The van der Waals surface area contributed by atoms with Crippen molar-refractivity contribution in [3.63, 3.8) is 0 Å². The molecule has 0 bridgehead atoms. The predicted octanol–water partition coefficient (Wildman–Crippen LogP) is 2.54. The number of methoxy groups -OCH3 is 1. The number of ether oxygens (including phenoxy) is 1. The molecule has 1 heterocycles. The van der Waals surface area contributed by atoms with Gasteiger partial charge >= 0.3 is 11.6 Å². The van der Waals surface area contributed by atoms with Crippen molar-refractivity contribution in [2.24, 2.45) is 0 Å². The highest BCUT2D eigenvalue weighted by Gasteiger charge is 2.30. The van der Waals surface area contributed by atoms with Crippen LogP contribution < -0.4 is 10.1 Å². The van der Waals surface area contributed by atoms with Gasteiger partial charge in [-0.1, -0.05) is 17.7 Å². The van der Waals surface area contributed by atoms with Gasteiger partial charge in [0.05, 0.1) is 12.0 Å². The van der Waals surface area contributed by atoms with E-state index in [0.29, 0.717) is 16.3 Å². The maximum atomic E-state index is 12.1. The number of nitro groups is 1. The predicted molar refractivity (Wildman–Crippen MR) is 75.9 cm³/mol. The summed E-state index contributed by atoms with van der Waals surface area (Å²) in [5.74, 6) is -0.962. The molecule has 0 saturated carbocycles. The van der Waals surface area contributed by atoms with Gasteiger partial charge in [-0.15, -0.1) is 5.10 Å². The van der Waals surface area contributed by atoms with Crippen LogP contribution in [0.25, 0.3) is 0 Å². The first kappa shape index (κ1) is 14.8. The molecule has 2 aromatic rings. The van der Waals surface area contributed by atoms with Crippen LogP contribution in [0.1, 0.15) is 16.1 Å². The van der Waals surface area contributed by atoms with Crippen molar-refractivity contribution in [1.29, 1.82) is 0 Å². The highest BCUT2D eigenvalue weighted by Crippen LogP contribution is 2.29. The molecule has 1 aromatic heterocycles. The van der Waals surface area contributed by atoms with E-state index in [1.165, 1.54) is 7.11 Å². The number of aromatic amines is 1. The quantitative estimate of drug-likeness (QED) is 0.666. The third-order valence-corrected chi connectivity index (χ3v) is 3.24. The fourth-order valence-corrected chi connectivity index (χ4v) is 1.89. The van der Waals surface area contributed by atoms with Crippen LogP contribution in [0.4, 0.5) is 11.4 Å². The van der Waals surface area contributed by atoms with Gasteiger partial charge < -0.3 is 10.1 Å². The van der Waals surface area contributed by atoms with Crippen LogP contribution in [0, 0.1) is 17.0 Å². The zero-order valence-electron chi connectivity index (χ0n) is 11.1. The molecule has 0 fully saturated rings. The zero-order chi connectivity index (χ0) is 15.6.